The first kappa shape index (κ1) is 99.1. The SMILES string of the molecule is C.C.C.CCOC(=O)N[C@@H]1CCC=C(/C=C/C(=O)OC(C)/C=C\C(=O)OCc2ccccc2)C1.CCOC(=O)N[C@@H]1CCC=C(/C=C/C(=O)O[C@H](C)C#CC(=O)OCc2ccccc2)C1.CCOC(=O)N[C@@H]1CC[C@@H]2C(=C[C@H]3C(=O)O[C@H](C)[C@H]3[C@H]2C(=O)OCc2ccccc2)C1.CCOC(=O)N[C@@H]1CC[C@@H]2C(C1)C[C@H]1C(=O)O[C@H](C)[C@H]1[C@H]2C(=O)O. The van der Waals surface area contributed by atoms with Gasteiger partial charge in [-0.2, -0.15) is 0 Å². The van der Waals surface area contributed by atoms with Crippen LogP contribution >= 0.6 is 0 Å². The highest BCUT2D eigenvalue weighted by molar-refractivity contribution is 5.89. The van der Waals surface area contributed by atoms with Crippen molar-refractivity contribution < 1.29 is 115 Å². The Labute approximate surface area is 705 Å². The van der Waals surface area contributed by atoms with Gasteiger partial charge in [0.25, 0.3) is 0 Å². The third-order valence-electron chi connectivity index (χ3n) is 21.4. The Balaban J connectivity index is 0.000000284. The molecular formula is C92H122N4O24. The first-order valence-electron chi connectivity index (χ1n) is 40.4. The number of rotatable bonds is 24. The number of allylic oxidation sites excluding steroid dienone is 4. The van der Waals surface area contributed by atoms with Crippen LogP contribution in [0.4, 0.5) is 19.2 Å². The molecule has 3 aromatic carbocycles. The number of carboxylic acids is 1. The molecule has 3 saturated carbocycles. The van der Waals surface area contributed by atoms with Crippen molar-refractivity contribution >= 4 is 72.1 Å². The normalized spacial score (nSPS) is 25.0. The van der Waals surface area contributed by atoms with Gasteiger partial charge in [0.1, 0.15) is 38.1 Å². The Bertz CT molecular complexity index is 4150. The summed E-state index contributed by atoms with van der Waals surface area (Å²) < 4.78 is 56.8. The molecule has 5 fully saturated rings. The summed E-state index contributed by atoms with van der Waals surface area (Å²) in [7, 11) is 0. The Morgan fingerprint density at radius 1 is 0.500 bits per heavy atom. The van der Waals surface area contributed by atoms with Gasteiger partial charge in [-0.25, -0.2) is 38.4 Å². The molecule has 0 radical (unpaired) electrons. The maximum Gasteiger partial charge on any atom is 0.407 e. The predicted octanol–water partition coefficient (Wildman–Crippen LogP) is 14.5. The summed E-state index contributed by atoms with van der Waals surface area (Å²) in [6, 6.07) is 28.0. The van der Waals surface area contributed by atoms with Crippen LogP contribution in [0, 0.1) is 65.1 Å². The number of hydrogen-bond donors (Lipinski definition) is 5. The van der Waals surface area contributed by atoms with Crippen molar-refractivity contribution in [3.8, 4) is 11.8 Å². The first-order valence-corrected chi connectivity index (χ1v) is 40.4. The second-order valence-corrected chi connectivity index (χ2v) is 29.7. The number of carbonyl (C=O) groups is 12. The van der Waals surface area contributed by atoms with E-state index in [2.05, 4.69) is 33.1 Å². The summed E-state index contributed by atoms with van der Waals surface area (Å²) in [5.41, 5.74) is 5.57. The summed E-state index contributed by atoms with van der Waals surface area (Å²) in [6.07, 6.45) is 20.3. The summed E-state index contributed by atoms with van der Waals surface area (Å²) in [5, 5.41) is 21.1. The Morgan fingerprint density at radius 2 is 0.958 bits per heavy atom. The monoisotopic (exact) mass is 1670 g/mol. The molecule has 8 aliphatic rings. The van der Waals surface area contributed by atoms with Gasteiger partial charge in [0.05, 0.1) is 50.1 Å². The minimum Gasteiger partial charge on any atom is -0.481 e. The van der Waals surface area contributed by atoms with Gasteiger partial charge >= 0.3 is 72.1 Å². The Hall–Kier alpha value is -11.5. The van der Waals surface area contributed by atoms with E-state index in [4.69, 9.17) is 52.1 Å². The van der Waals surface area contributed by atoms with E-state index in [-0.39, 0.29) is 132 Å². The highest BCUT2D eigenvalue weighted by atomic mass is 16.6. The summed E-state index contributed by atoms with van der Waals surface area (Å²) in [5.74, 6) is -1.13. The van der Waals surface area contributed by atoms with E-state index in [1.165, 1.54) is 24.3 Å². The van der Waals surface area contributed by atoms with E-state index >= 15 is 0 Å². The van der Waals surface area contributed by atoms with E-state index in [1.54, 1.807) is 60.6 Å². The van der Waals surface area contributed by atoms with Crippen LogP contribution in [0.2, 0.25) is 0 Å². The lowest BCUT2D eigenvalue weighted by molar-refractivity contribution is -0.156. The fraction of sp³-hybridized carbons (Fsp3) is 0.522. The van der Waals surface area contributed by atoms with E-state index in [0.717, 1.165) is 84.8 Å². The second-order valence-electron chi connectivity index (χ2n) is 29.7. The van der Waals surface area contributed by atoms with Gasteiger partial charge in [0.15, 0.2) is 6.10 Å². The van der Waals surface area contributed by atoms with Crippen LogP contribution in [-0.2, 0) is 110 Å². The fourth-order valence-corrected chi connectivity index (χ4v) is 16.2. The number of benzene rings is 3. The number of fused-ring (bicyclic) bond motifs is 4. The van der Waals surface area contributed by atoms with E-state index in [0.29, 0.717) is 58.5 Å². The van der Waals surface area contributed by atoms with Crippen LogP contribution < -0.4 is 21.3 Å². The molecule has 2 unspecified atom stereocenters. The number of carboxylic acid groups (broad SMARTS) is 1. The zero-order valence-electron chi connectivity index (χ0n) is 67.7. The average molecular weight is 1670 g/mol. The minimum absolute atomic E-state index is 0. The molecule has 3 aromatic rings. The molecule has 120 heavy (non-hydrogen) atoms. The first-order chi connectivity index (χ1) is 56.3. The molecule has 0 spiro atoms. The highest BCUT2D eigenvalue weighted by Gasteiger charge is 2.58. The van der Waals surface area contributed by atoms with Crippen molar-refractivity contribution in [1.29, 1.82) is 0 Å². The summed E-state index contributed by atoms with van der Waals surface area (Å²) in [4.78, 5) is 144. The van der Waals surface area contributed by atoms with Crippen molar-refractivity contribution in [3.63, 3.8) is 0 Å². The van der Waals surface area contributed by atoms with Crippen molar-refractivity contribution in [3.05, 3.63) is 179 Å². The molecule has 2 saturated heterocycles. The zero-order valence-corrected chi connectivity index (χ0v) is 67.7. The molecule has 17 atom stereocenters. The van der Waals surface area contributed by atoms with E-state index in [9.17, 15) is 62.6 Å². The molecule has 28 nitrogen and oxygen atoms in total. The lowest BCUT2D eigenvalue weighted by Gasteiger charge is -2.46. The van der Waals surface area contributed by atoms with Gasteiger partial charge in [-0.05, 0) is 196 Å². The van der Waals surface area contributed by atoms with Crippen LogP contribution in [0.5, 0.6) is 0 Å². The molecule has 4 amide bonds. The lowest BCUT2D eigenvalue weighted by atomic mass is 9.57. The number of amides is 4. The van der Waals surface area contributed by atoms with Crippen LogP contribution in [0.3, 0.4) is 0 Å². The van der Waals surface area contributed by atoms with E-state index < -0.39 is 84.2 Å². The average Bonchev–Trinajstić information content (AvgIpc) is 1.56. The minimum atomic E-state index is -0.832. The van der Waals surface area contributed by atoms with Gasteiger partial charge < -0.3 is 78.5 Å². The van der Waals surface area contributed by atoms with Crippen molar-refractivity contribution in [1.82, 2.24) is 21.3 Å². The zero-order chi connectivity index (χ0) is 84.3. The summed E-state index contributed by atoms with van der Waals surface area (Å²) in [6.45, 7) is 15.7. The quantitative estimate of drug-likeness (QED) is 0.0139. The molecule has 28 heteroatoms. The molecule has 2 aliphatic heterocycles. The number of alkyl carbamates (subject to hydrolysis) is 4. The standard InChI is InChI=1S/2C24H29NO6.C24H27NO6.C17H25NO6.3CH4/c1-3-29-24(28)25-17-9-10-18-16(11-17)12-19-20(14(2)31-22(19)26)21(18)23(27)30-13-15-7-5-4-6-8-15;2*1-3-29-24(28)25-21-11-7-10-19(16-21)13-15-23(27)31-18(2)12-14-22(26)30-17-20-8-5-4-6-9-20;1-3-23-17(22)18-10-4-5-11-9(6-10)7-12-13(14(11)15(19)20)8(2)24-16(12)21;;;/h4-8,12,14,17-21H,3,9-11,13H2,1-2H3,(H,25,28);4-6,8-10,12-15,18,21H,3,7,11,16-17H2,1-2H3,(H,25,28);4-6,8-10,13,15,18,21H,3,7,11,16-17H2,1-2H3,(H,25,28);8-14H,3-7H2,1-2H3,(H,18,22)(H,19,20);3*1H4/b;14-12-,15-13+;15-13+;;;;/t14-,17-,18-,19-,20-,21+;18?,21-;18-,21-;8-,9?,10-,11-,12-,13-,14+;;;/m1111.../s1. The van der Waals surface area contributed by atoms with E-state index in [1.807, 2.05) is 116 Å². The molecule has 2 heterocycles. The topological polar surface area (TPSA) is 375 Å². The molecule has 6 aliphatic carbocycles. The van der Waals surface area contributed by atoms with Gasteiger partial charge in [-0.15, -0.1) is 0 Å². The smallest absolute Gasteiger partial charge is 0.407 e. The largest absolute Gasteiger partial charge is 0.481 e. The van der Waals surface area contributed by atoms with Crippen molar-refractivity contribution in [2.75, 3.05) is 26.4 Å². The fourth-order valence-electron chi connectivity index (χ4n) is 16.2. The number of aliphatic carboxylic acids is 1. The number of ether oxygens (including phenoxy) is 11. The second kappa shape index (κ2) is 51.1. The number of nitrogens with one attached hydrogen (secondary N) is 4. The third kappa shape index (κ3) is 31.7. The van der Waals surface area contributed by atoms with Crippen molar-refractivity contribution in [2.24, 2.45) is 53.3 Å². The third-order valence-corrected chi connectivity index (χ3v) is 21.4. The van der Waals surface area contributed by atoms with Gasteiger partial charge in [-0.1, -0.05) is 149 Å². The lowest BCUT2D eigenvalue weighted by Crippen LogP contribution is -2.51. The molecule has 654 valence electrons. The number of cyclic esters (lactones) is 2. The molecule has 5 N–H and O–H groups in total. The molecular weight excluding hydrogens is 1550 g/mol. The molecule has 11 rings (SSSR count). The van der Waals surface area contributed by atoms with Gasteiger partial charge in [-0.3, -0.25) is 19.2 Å². The highest BCUT2D eigenvalue weighted by Crippen LogP contribution is 2.54. The van der Waals surface area contributed by atoms with Crippen LogP contribution in [0.1, 0.15) is 178 Å². The maximum absolute atomic E-state index is 13.3. The van der Waals surface area contributed by atoms with Crippen LogP contribution in [0.15, 0.2) is 162 Å². The van der Waals surface area contributed by atoms with Crippen LogP contribution in [-0.4, -0.2) is 152 Å². The maximum atomic E-state index is 13.3. The Morgan fingerprint density at radius 3 is 1.47 bits per heavy atom. The van der Waals surface area contributed by atoms with Gasteiger partial charge in [0, 0.05) is 60.2 Å². The molecule has 0 aromatic heterocycles. The molecule has 0 bridgehead atoms. The van der Waals surface area contributed by atoms with Gasteiger partial charge in [0.2, 0.25) is 0 Å². The number of hydrogen-bond acceptors (Lipinski definition) is 23. The summed E-state index contributed by atoms with van der Waals surface area (Å²) >= 11 is 0. The van der Waals surface area contributed by atoms with Crippen molar-refractivity contribution in [2.45, 2.75) is 230 Å². The van der Waals surface area contributed by atoms with Crippen LogP contribution in [0.25, 0.3) is 0 Å². The number of carbonyl (C=O) groups excluding carboxylic acids is 11. The Kier molecular flexibility index (Phi) is 42.2. The predicted molar refractivity (Wildman–Crippen MR) is 445 cm³/mol. The number of esters is 7.